The van der Waals surface area contributed by atoms with Gasteiger partial charge in [0.1, 0.15) is 11.1 Å². The fourth-order valence-electron chi connectivity index (χ4n) is 2.38. The molecular weight excluding hydrogens is 294 g/mol. The van der Waals surface area contributed by atoms with Crippen molar-refractivity contribution in [2.24, 2.45) is 0 Å². The number of halogens is 1. The molecule has 1 aromatic carbocycles. The van der Waals surface area contributed by atoms with Gasteiger partial charge in [-0.3, -0.25) is 10.1 Å². The van der Waals surface area contributed by atoms with Crippen LogP contribution in [0.3, 0.4) is 0 Å². The molecule has 1 saturated carbocycles. The van der Waals surface area contributed by atoms with Crippen molar-refractivity contribution in [3.8, 4) is 11.8 Å². The van der Waals surface area contributed by atoms with E-state index in [2.05, 4.69) is 10.3 Å². The number of rotatable bonds is 3. The Bertz CT molecular complexity index is 760. The third-order valence-electron chi connectivity index (χ3n) is 3.67. The number of benzene rings is 1. The predicted octanol–water partition coefficient (Wildman–Crippen LogP) is 2.97. The summed E-state index contributed by atoms with van der Waals surface area (Å²) >= 11 is 5.81. The van der Waals surface area contributed by atoms with Crippen molar-refractivity contribution in [1.29, 1.82) is 5.26 Å². The molecule has 0 amide bonds. The van der Waals surface area contributed by atoms with E-state index in [0.29, 0.717) is 5.69 Å². The summed E-state index contributed by atoms with van der Waals surface area (Å²) in [4.78, 5) is 10.4. The zero-order chi connectivity index (χ0) is 15.0. The largest absolute Gasteiger partial charge is 0.290 e. The van der Waals surface area contributed by atoms with Gasteiger partial charge >= 0.3 is 0 Å². The van der Waals surface area contributed by atoms with E-state index in [1.54, 1.807) is 6.07 Å². The summed E-state index contributed by atoms with van der Waals surface area (Å²) < 4.78 is 1.51. The van der Waals surface area contributed by atoms with Crippen molar-refractivity contribution >= 4 is 17.3 Å². The molecule has 1 aliphatic rings. The molecule has 0 aliphatic heterocycles. The molecule has 0 unspecified atom stereocenters. The lowest BCUT2D eigenvalue weighted by molar-refractivity contribution is -0.384. The number of nitriles is 1. The van der Waals surface area contributed by atoms with Gasteiger partial charge in [-0.15, -0.1) is 5.10 Å². The second-order valence-electron chi connectivity index (χ2n) is 4.87. The molecule has 106 valence electrons. The number of nitro groups is 1. The maximum absolute atomic E-state index is 11.0. The van der Waals surface area contributed by atoms with Crippen molar-refractivity contribution < 1.29 is 4.92 Å². The molecule has 2 aromatic rings. The summed E-state index contributed by atoms with van der Waals surface area (Å²) in [6, 6.07) is 6.46. The summed E-state index contributed by atoms with van der Waals surface area (Å²) in [6.45, 7) is 0. The van der Waals surface area contributed by atoms with Crippen molar-refractivity contribution in [2.45, 2.75) is 25.2 Å². The zero-order valence-electron chi connectivity index (χ0n) is 10.9. The van der Waals surface area contributed by atoms with E-state index in [1.807, 2.05) is 6.07 Å². The van der Waals surface area contributed by atoms with Crippen molar-refractivity contribution in [3.63, 3.8) is 0 Å². The third-order valence-corrected chi connectivity index (χ3v) is 3.99. The summed E-state index contributed by atoms with van der Waals surface area (Å²) in [5.41, 5.74) is 1.29. The van der Waals surface area contributed by atoms with Crippen LogP contribution in [0.1, 0.15) is 36.6 Å². The monoisotopic (exact) mass is 303 g/mol. The van der Waals surface area contributed by atoms with E-state index in [-0.39, 0.29) is 22.3 Å². The Balaban J connectivity index is 2.13. The van der Waals surface area contributed by atoms with Crippen molar-refractivity contribution in [1.82, 2.24) is 15.0 Å². The first-order valence-electron chi connectivity index (χ1n) is 6.42. The first kappa shape index (κ1) is 13.5. The quantitative estimate of drug-likeness (QED) is 0.641. The molecule has 0 spiro atoms. The van der Waals surface area contributed by atoms with Gasteiger partial charge in [0, 0.05) is 12.0 Å². The summed E-state index contributed by atoms with van der Waals surface area (Å²) in [7, 11) is 0. The molecule has 7 nitrogen and oxygen atoms in total. The van der Waals surface area contributed by atoms with Gasteiger partial charge in [-0.05, 0) is 25.0 Å². The molecule has 0 radical (unpaired) electrons. The highest BCUT2D eigenvalue weighted by Gasteiger charge is 2.29. The van der Waals surface area contributed by atoms with Crippen LogP contribution in [0.4, 0.5) is 5.69 Å². The molecule has 0 N–H and O–H groups in total. The van der Waals surface area contributed by atoms with Crippen LogP contribution in [0.25, 0.3) is 5.69 Å². The lowest BCUT2D eigenvalue weighted by atomic mass is 9.82. The fraction of sp³-hybridized carbons (Fsp3) is 0.308. The number of hydrogen-bond acceptors (Lipinski definition) is 5. The average Bonchev–Trinajstić information content (AvgIpc) is 2.81. The van der Waals surface area contributed by atoms with Crippen LogP contribution >= 0.6 is 11.6 Å². The number of aromatic nitrogens is 3. The number of nitro benzene ring substituents is 1. The lowest BCUT2D eigenvalue weighted by Crippen LogP contribution is -2.15. The van der Waals surface area contributed by atoms with E-state index in [0.717, 1.165) is 25.0 Å². The molecule has 8 heteroatoms. The van der Waals surface area contributed by atoms with Crippen LogP contribution in [0, 0.1) is 21.4 Å². The summed E-state index contributed by atoms with van der Waals surface area (Å²) in [5.74, 6) is 0.226. The fourth-order valence-corrected chi connectivity index (χ4v) is 2.57. The van der Waals surface area contributed by atoms with E-state index in [1.165, 1.54) is 16.8 Å². The predicted molar refractivity (Wildman–Crippen MR) is 74.3 cm³/mol. The first-order valence-corrected chi connectivity index (χ1v) is 6.79. The smallest absolute Gasteiger partial charge is 0.258 e. The van der Waals surface area contributed by atoms with Gasteiger partial charge in [0.15, 0.2) is 5.69 Å². The SMILES string of the molecule is N#Cc1nnn(-c2ccc(Cl)c([N+](=O)[O-])c2)c1C1CCC1. The minimum atomic E-state index is -0.545. The Kier molecular flexibility index (Phi) is 3.31. The molecule has 1 heterocycles. The van der Waals surface area contributed by atoms with Gasteiger partial charge in [-0.1, -0.05) is 23.2 Å². The molecule has 0 bridgehead atoms. The van der Waals surface area contributed by atoms with Gasteiger partial charge in [-0.25, -0.2) is 4.68 Å². The molecule has 0 atom stereocenters. The molecule has 3 rings (SSSR count). The Morgan fingerprint density at radius 2 is 2.24 bits per heavy atom. The van der Waals surface area contributed by atoms with Crippen molar-refractivity contribution in [3.05, 3.63) is 44.7 Å². The van der Waals surface area contributed by atoms with Crippen LogP contribution in [-0.4, -0.2) is 19.9 Å². The minimum Gasteiger partial charge on any atom is -0.258 e. The van der Waals surface area contributed by atoms with E-state index >= 15 is 0 Å². The standard InChI is InChI=1S/C13H10ClN5O2/c14-10-5-4-9(6-12(10)19(20)21)18-13(8-2-1-3-8)11(7-15)16-17-18/h4-6,8H,1-3H2. The normalized spacial score (nSPS) is 14.5. The third kappa shape index (κ3) is 2.23. The maximum atomic E-state index is 11.0. The van der Waals surface area contributed by atoms with Crippen molar-refractivity contribution in [2.75, 3.05) is 0 Å². The molecule has 1 aliphatic carbocycles. The van der Waals surface area contributed by atoms with Crippen LogP contribution in [0.2, 0.25) is 5.02 Å². The summed E-state index contributed by atoms with van der Waals surface area (Å²) in [5, 5.41) is 28.0. The minimum absolute atomic E-state index is 0.0644. The van der Waals surface area contributed by atoms with E-state index < -0.39 is 4.92 Å². The maximum Gasteiger partial charge on any atom is 0.290 e. The van der Waals surface area contributed by atoms with Gasteiger partial charge < -0.3 is 0 Å². The molecular formula is C13H10ClN5O2. The van der Waals surface area contributed by atoms with Crippen LogP contribution in [0.15, 0.2) is 18.2 Å². The zero-order valence-corrected chi connectivity index (χ0v) is 11.6. The highest BCUT2D eigenvalue weighted by molar-refractivity contribution is 6.32. The number of nitrogens with zero attached hydrogens (tertiary/aromatic N) is 5. The molecule has 1 fully saturated rings. The Morgan fingerprint density at radius 3 is 2.81 bits per heavy atom. The molecule has 0 saturated heterocycles. The Hall–Kier alpha value is -2.46. The Morgan fingerprint density at radius 1 is 1.48 bits per heavy atom. The van der Waals surface area contributed by atoms with E-state index in [4.69, 9.17) is 16.9 Å². The average molecular weight is 304 g/mol. The van der Waals surface area contributed by atoms with Gasteiger partial charge in [-0.2, -0.15) is 5.26 Å². The van der Waals surface area contributed by atoms with Crippen LogP contribution < -0.4 is 0 Å². The van der Waals surface area contributed by atoms with Crippen LogP contribution in [0.5, 0.6) is 0 Å². The van der Waals surface area contributed by atoms with Gasteiger partial charge in [0.05, 0.1) is 16.3 Å². The number of hydrogen-bond donors (Lipinski definition) is 0. The second kappa shape index (κ2) is 5.14. The highest BCUT2D eigenvalue weighted by atomic mass is 35.5. The molecule has 1 aromatic heterocycles. The topological polar surface area (TPSA) is 97.6 Å². The second-order valence-corrected chi connectivity index (χ2v) is 5.27. The van der Waals surface area contributed by atoms with Crippen LogP contribution in [-0.2, 0) is 0 Å². The lowest BCUT2D eigenvalue weighted by Gasteiger charge is -2.25. The summed E-state index contributed by atoms with van der Waals surface area (Å²) in [6.07, 6.45) is 3.04. The first-order chi connectivity index (χ1) is 10.1. The molecule has 21 heavy (non-hydrogen) atoms. The van der Waals surface area contributed by atoms with Gasteiger partial charge in [0.25, 0.3) is 5.69 Å². The van der Waals surface area contributed by atoms with Gasteiger partial charge in [0.2, 0.25) is 0 Å². The van der Waals surface area contributed by atoms with E-state index in [9.17, 15) is 10.1 Å². The Labute approximate surface area is 124 Å². The highest BCUT2D eigenvalue weighted by Crippen LogP contribution is 2.38.